The average Bonchev–Trinajstić information content (AvgIpc) is 2.98. The molecule has 1 aliphatic rings. The van der Waals surface area contributed by atoms with Gasteiger partial charge in [0.25, 0.3) is 0 Å². The lowest BCUT2D eigenvalue weighted by atomic mass is 10.0. The van der Waals surface area contributed by atoms with E-state index in [0.717, 1.165) is 17.9 Å². The van der Waals surface area contributed by atoms with Gasteiger partial charge in [0.05, 0.1) is 5.70 Å². The first-order chi connectivity index (χ1) is 11.5. The number of aromatic nitrogens is 1. The molecule has 0 atom stereocenters. The topological polar surface area (TPSA) is 62.3 Å². The average molecular weight is 345 g/mol. The van der Waals surface area contributed by atoms with Gasteiger partial charge in [-0.1, -0.05) is 0 Å². The number of carbonyl (C=O) groups is 2. The summed E-state index contributed by atoms with van der Waals surface area (Å²) in [5.74, 6) is -0.864. The van der Waals surface area contributed by atoms with Crippen LogP contribution >= 0.6 is 11.3 Å². The third kappa shape index (κ3) is 3.27. The predicted octanol–water partition coefficient (Wildman–Crippen LogP) is 2.36. The third-order valence-electron chi connectivity index (χ3n) is 3.55. The second kappa shape index (κ2) is 6.62. The summed E-state index contributed by atoms with van der Waals surface area (Å²) in [6.45, 7) is 1.30. The Labute approximate surface area is 142 Å². The number of fused-ring (bicyclic) bond motifs is 1. The molecule has 1 aromatic heterocycles. The molecular weight excluding hydrogens is 329 g/mol. The highest BCUT2D eigenvalue weighted by Gasteiger charge is 2.30. The van der Waals surface area contributed by atoms with E-state index < -0.39 is 0 Å². The maximum absolute atomic E-state index is 13.0. The van der Waals surface area contributed by atoms with Crippen LogP contribution in [-0.4, -0.2) is 48.6 Å². The summed E-state index contributed by atoms with van der Waals surface area (Å²) in [5, 5.41) is 3.53. The molecule has 0 aliphatic heterocycles. The van der Waals surface area contributed by atoms with Crippen molar-refractivity contribution in [2.24, 2.45) is 0 Å². The van der Waals surface area contributed by atoms with Crippen molar-refractivity contribution in [2.45, 2.75) is 0 Å². The molecule has 7 heteroatoms. The summed E-state index contributed by atoms with van der Waals surface area (Å²) in [7, 11) is 3.86. The normalized spacial score (nSPS) is 13.9. The number of ketones is 2. The molecule has 1 aliphatic carbocycles. The van der Waals surface area contributed by atoms with E-state index in [2.05, 4.69) is 10.3 Å². The van der Waals surface area contributed by atoms with Crippen molar-refractivity contribution in [1.29, 1.82) is 0 Å². The molecule has 5 nitrogen and oxygen atoms in total. The van der Waals surface area contributed by atoms with Gasteiger partial charge < -0.3 is 10.2 Å². The minimum atomic E-state index is -0.346. The number of thiazole rings is 1. The van der Waals surface area contributed by atoms with Crippen LogP contribution in [-0.2, 0) is 0 Å². The second-order valence-electron chi connectivity index (χ2n) is 5.69. The van der Waals surface area contributed by atoms with E-state index in [1.807, 2.05) is 19.0 Å². The monoisotopic (exact) mass is 345 g/mol. The van der Waals surface area contributed by atoms with Crippen LogP contribution in [0.3, 0.4) is 0 Å². The van der Waals surface area contributed by atoms with Gasteiger partial charge in [-0.2, -0.15) is 0 Å². The quantitative estimate of drug-likeness (QED) is 0.901. The summed E-state index contributed by atoms with van der Waals surface area (Å²) in [5.41, 5.74) is 1.11. The van der Waals surface area contributed by atoms with E-state index in [0.29, 0.717) is 22.0 Å². The lowest BCUT2D eigenvalue weighted by Gasteiger charge is -2.15. The first kappa shape index (κ1) is 16.5. The van der Waals surface area contributed by atoms with Crippen LogP contribution in [0.4, 0.5) is 4.39 Å². The molecule has 0 radical (unpaired) electrons. The third-order valence-corrected chi connectivity index (χ3v) is 4.67. The zero-order valence-electron chi connectivity index (χ0n) is 13.3. The van der Waals surface area contributed by atoms with Gasteiger partial charge in [-0.05, 0) is 38.4 Å². The zero-order valence-corrected chi connectivity index (χ0v) is 14.1. The van der Waals surface area contributed by atoms with Crippen molar-refractivity contribution in [3.63, 3.8) is 0 Å². The highest BCUT2D eigenvalue weighted by atomic mass is 32.1. The van der Waals surface area contributed by atoms with E-state index in [1.54, 1.807) is 12.1 Å². The minimum Gasteiger partial charge on any atom is -0.380 e. The maximum atomic E-state index is 13.0. The Morgan fingerprint density at radius 3 is 2.58 bits per heavy atom. The van der Waals surface area contributed by atoms with Crippen LogP contribution in [0.2, 0.25) is 0 Å². The zero-order chi connectivity index (χ0) is 17.3. The van der Waals surface area contributed by atoms with Gasteiger partial charge in [0.15, 0.2) is 5.78 Å². The molecule has 0 fully saturated rings. The van der Waals surface area contributed by atoms with Gasteiger partial charge in [0, 0.05) is 24.7 Å². The Kier molecular flexibility index (Phi) is 4.55. The van der Waals surface area contributed by atoms with Crippen LogP contribution in [0.15, 0.2) is 36.0 Å². The standard InChI is InChI=1S/C17H16FN3O2S/c1-21(2)8-7-19-12-9-13(22)16-14(15(12)23)20-17(24-16)10-3-5-11(18)6-4-10/h3-6,9,19H,7-8H2,1-2H3. The summed E-state index contributed by atoms with van der Waals surface area (Å²) in [4.78, 5) is 31.4. The number of allylic oxidation sites excluding steroid dienone is 2. The Hall–Kier alpha value is -2.38. The minimum absolute atomic E-state index is 0.166. The van der Waals surface area contributed by atoms with Crippen molar-refractivity contribution in [2.75, 3.05) is 27.2 Å². The van der Waals surface area contributed by atoms with Gasteiger partial charge in [-0.3, -0.25) is 9.59 Å². The lowest BCUT2D eigenvalue weighted by molar-refractivity contribution is 0.0977. The number of hydrogen-bond acceptors (Lipinski definition) is 6. The number of rotatable bonds is 5. The molecule has 0 amide bonds. The number of carbonyl (C=O) groups excluding carboxylic acids is 2. The van der Waals surface area contributed by atoms with Crippen LogP contribution in [0.25, 0.3) is 10.6 Å². The SMILES string of the molecule is CN(C)CCNC1=CC(=O)c2sc(-c3ccc(F)cc3)nc2C1=O. The lowest BCUT2D eigenvalue weighted by Crippen LogP contribution is -2.31. The van der Waals surface area contributed by atoms with Gasteiger partial charge >= 0.3 is 0 Å². The molecule has 0 bridgehead atoms. The number of hydrogen-bond donors (Lipinski definition) is 1. The van der Waals surface area contributed by atoms with Crippen molar-refractivity contribution < 1.29 is 14.0 Å². The first-order valence-electron chi connectivity index (χ1n) is 7.42. The van der Waals surface area contributed by atoms with E-state index >= 15 is 0 Å². The first-order valence-corrected chi connectivity index (χ1v) is 8.23. The summed E-state index contributed by atoms with van der Waals surface area (Å²) in [6.07, 6.45) is 1.33. The molecular formula is C17H16FN3O2S. The molecule has 0 saturated carbocycles. The fourth-order valence-electron chi connectivity index (χ4n) is 2.29. The maximum Gasteiger partial charge on any atom is 0.228 e. The van der Waals surface area contributed by atoms with Gasteiger partial charge in [-0.15, -0.1) is 11.3 Å². The Balaban J connectivity index is 1.85. The summed E-state index contributed by atoms with van der Waals surface area (Å²) in [6, 6.07) is 5.81. The van der Waals surface area contributed by atoms with E-state index in [9.17, 15) is 14.0 Å². The fourth-order valence-corrected chi connectivity index (χ4v) is 3.27. The molecule has 0 saturated heterocycles. The second-order valence-corrected chi connectivity index (χ2v) is 6.68. The van der Waals surface area contributed by atoms with Crippen molar-refractivity contribution in [3.05, 3.63) is 52.4 Å². The van der Waals surface area contributed by atoms with Crippen LogP contribution in [0.5, 0.6) is 0 Å². The molecule has 0 spiro atoms. The van der Waals surface area contributed by atoms with E-state index in [-0.39, 0.29) is 28.8 Å². The van der Waals surface area contributed by atoms with Gasteiger partial charge in [0.2, 0.25) is 5.78 Å². The molecule has 1 N–H and O–H groups in total. The van der Waals surface area contributed by atoms with Crippen molar-refractivity contribution >= 4 is 22.9 Å². The molecule has 24 heavy (non-hydrogen) atoms. The van der Waals surface area contributed by atoms with Gasteiger partial charge in [0.1, 0.15) is 21.4 Å². The molecule has 1 heterocycles. The molecule has 3 rings (SSSR count). The Morgan fingerprint density at radius 2 is 1.92 bits per heavy atom. The Morgan fingerprint density at radius 1 is 1.21 bits per heavy atom. The molecule has 1 aromatic carbocycles. The predicted molar refractivity (Wildman–Crippen MR) is 90.8 cm³/mol. The summed E-state index contributed by atoms with van der Waals surface area (Å²) >= 11 is 1.15. The molecule has 124 valence electrons. The van der Waals surface area contributed by atoms with Crippen LogP contribution in [0.1, 0.15) is 20.2 Å². The molecule has 0 unspecified atom stereocenters. The van der Waals surface area contributed by atoms with E-state index in [1.165, 1.54) is 18.2 Å². The smallest absolute Gasteiger partial charge is 0.228 e. The highest BCUT2D eigenvalue weighted by Crippen LogP contribution is 2.32. The van der Waals surface area contributed by atoms with Crippen LogP contribution in [0, 0.1) is 5.82 Å². The number of nitrogens with one attached hydrogen (secondary N) is 1. The van der Waals surface area contributed by atoms with Crippen molar-refractivity contribution in [1.82, 2.24) is 15.2 Å². The summed E-state index contributed by atoms with van der Waals surface area (Å²) < 4.78 is 13.0. The van der Waals surface area contributed by atoms with E-state index in [4.69, 9.17) is 0 Å². The number of benzene rings is 1. The number of Topliss-reactive ketones (excluding diaryl/α,β-unsaturated/α-hetero) is 1. The molecule has 2 aromatic rings. The number of likely N-dealkylation sites (N-methyl/N-ethyl adjacent to an activating group) is 1. The fraction of sp³-hybridized carbons (Fsp3) is 0.235. The van der Waals surface area contributed by atoms with Gasteiger partial charge in [-0.25, -0.2) is 9.37 Å². The largest absolute Gasteiger partial charge is 0.380 e. The van der Waals surface area contributed by atoms with Crippen LogP contribution < -0.4 is 5.32 Å². The van der Waals surface area contributed by atoms with Crippen molar-refractivity contribution in [3.8, 4) is 10.6 Å². The Bertz CT molecular complexity index is 825. The number of nitrogens with zero attached hydrogens (tertiary/aromatic N) is 2. The highest BCUT2D eigenvalue weighted by molar-refractivity contribution is 7.17. The number of halogens is 1.